The molecule has 1 amide bonds. The Balaban J connectivity index is 4.81. The first-order chi connectivity index (χ1) is 13.4. The Bertz CT molecular complexity index is 560. The normalized spacial score (nSPS) is 12.6. The SMILES string of the molecule is CC(C)(C)OC(=O)CCN(CC(=O)O)C(=O)OCOP(OC(C)(C)C)OC(C)(C)C. The average molecular weight is 453 g/mol. The van der Waals surface area contributed by atoms with Crippen LogP contribution in [-0.2, 0) is 32.6 Å². The van der Waals surface area contributed by atoms with E-state index >= 15 is 0 Å². The van der Waals surface area contributed by atoms with Crippen LogP contribution in [0, 0.1) is 0 Å². The van der Waals surface area contributed by atoms with E-state index in [1.165, 1.54) is 0 Å². The molecule has 0 bridgehead atoms. The highest BCUT2D eigenvalue weighted by atomic mass is 31.2. The van der Waals surface area contributed by atoms with E-state index in [0.29, 0.717) is 0 Å². The van der Waals surface area contributed by atoms with Gasteiger partial charge in [-0.25, -0.2) is 4.79 Å². The number of amides is 1. The number of carbonyl (C=O) groups is 3. The molecule has 10 nitrogen and oxygen atoms in total. The Labute approximate surface area is 180 Å². The molecule has 0 unspecified atom stereocenters. The highest BCUT2D eigenvalue weighted by Crippen LogP contribution is 2.47. The van der Waals surface area contributed by atoms with Crippen LogP contribution in [0.4, 0.5) is 4.79 Å². The van der Waals surface area contributed by atoms with Gasteiger partial charge in [0.05, 0.1) is 17.6 Å². The van der Waals surface area contributed by atoms with Crippen LogP contribution in [0.15, 0.2) is 0 Å². The van der Waals surface area contributed by atoms with Crippen molar-refractivity contribution in [1.82, 2.24) is 4.90 Å². The number of esters is 1. The first-order valence-corrected chi connectivity index (χ1v) is 10.6. The fraction of sp³-hybridized carbons (Fsp3) is 0.842. The lowest BCUT2D eigenvalue weighted by molar-refractivity contribution is -0.155. The summed E-state index contributed by atoms with van der Waals surface area (Å²) >= 11 is 0. The van der Waals surface area contributed by atoms with E-state index in [9.17, 15) is 14.4 Å². The Hall–Kier alpha value is -1.48. The fourth-order valence-electron chi connectivity index (χ4n) is 1.75. The van der Waals surface area contributed by atoms with E-state index in [0.717, 1.165) is 4.90 Å². The zero-order chi connectivity index (χ0) is 23.8. The van der Waals surface area contributed by atoms with E-state index < -0.39 is 56.8 Å². The summed E-state index contributed by atoms with van der Waals surface area (Å²) in [6.45, 7) is 14.8. The number of hydrogen-bond donors (Lipinski definition) is 1. The minimum atomic E-state index is -1.82. The zero-order valence-electron chi connectivity index (χ0n) is 19.4. The summed E-state index contributed by atoms with van der Waals surface area (Å²) < 4.78 is 27.0. The lowest BCUT2D eigenvalue weighted by Gasteiger charge is -2.30. The van der Waals surface area contributed by atoms with Crippen molar-refractivity contribution in [1.29, 1.82) is 0 Å². The predicted molar refractivity (Wildman–Crippen MR) is 111 cm³/mol. The van der Waals surface area contributed by atoms with Crippen LogP contribution in [0.25, 0.3) is 0 Å². The Morgan fingerprint density at radius 3 is 1.77 bits per heavy atom. The smallest absolute Gasteiger partial charge is 0.412 e. The molecule has 0 aliphatic rings. The minimum Gasteiger partial charge on any atom is -0.480 e. The number of aliphatic carboxylic acids is 1. The van der Waals surface area contributed by atoms with Gasteiger partial charge in [0, 0.05) is 6.54 Å². The van der Waals surface area contributed by atoms with Crippen molar-refractivity contribution in [3.63, 3.8) is 0 Å². The van der Waals surface area contributed by atoms with E-state index in [-0.39, 0.29) is 13.0 Å². The van der Waals surface area contributed by atoms with Crippen LogP contribution in [0.3, 0.4) is 0 Å². The van der Waals surface area contributed by atoms with E-state index in [1.54, 1.807) is 20.8 Å². The van der Waals surface area contributed by atoms with Crippen LogP contribution >= 0.6 is 8.60 Å². The van der Waals surface area contributed by atoms with Crippen LogP contribution in [-0.4, -0.2) is 64.7 Å². The van der Waals surface area contributed by atoms with Crippen molar-refractivity contribution in [3.8, 4) is 0 Å². The third-order valence-corrected chi connectivity index (χ3v) is 4.34. The largest absolute Gasteiger partial charge is 0.480 e. The summed E-state index contributed by atoms with van der Waals surface area (Å²) in [6.07, 6.45) is -1.12. The first-order valence-electron chi connectivity index (χ1n) is 9.54. The summed E-state index contributed by atoms with van der Waals surface area (Å²) in [7, 11) is -1.82. The first kappa shape index (κ1) is 28.5. The topological polar surface area (TPSA) is 121 Å². The molecular weight excluding hydrogens is 417 g/mol. The predicted octanol–water partition coefficient (Wildman–Crippen LogP) is 4.07. The quantitative estimate of drug-likeness (QED) is 0.296. The number of rotatable bonds is 10. The Morgan fingerprint density at radius 2 is 1.37 bits per heavy atom. The van der Waals surface area contributed by atoms with Crippen molar-refractivity contribution < 1.29 is 42.5 Å². The molecule has 30 heavy (non-hydrogen) atoms. The molecule has 0 spiro atoms. The number of carboxylic acid groups (broad SMARTS) is 1. The molecule has 0 aliphatic heterocycles. The molecule has 0 aromatic heterocycles. The molecule has 176 valence electrons. The third-order valence-electron chi connectivity index (χ3n) is 2.63. The van der Waals surface area contributed by atoms with Gasteiger partial charge in [0.1, 0.15) is 12.1 Å². The Kier molecular flexibility index (Phi) is 11.2. The molecule has 0 heterocycles. The molecule has 0 fully saturated rings. The van der Waals surface area contributed by atoms with Crippen molar-refractivity contribution in [2.75, 3.05) is 19.9 Å². The van der Waals surface area contributed by atoms with Gasteiger partial charge < -0.3 is 23.6 Å². The average Bonchev–Trinajstić information content (AvgIpc) is 2.45. The fourth-order valence-corrected chi connectivity index (χ4v) is 2.92. The van der Waals surface area contributed by atoms with Gasteiger partial charge in [0.2, 0.25) is 6.79 Å². The summed E-state index contributed by atoms with van der Waals surface area (Å²) in [5.41, 5.74) is -1.78. The van der Waals surface area contributed by atoms with Gasteiger partial charge in [-0.1, -0.05) is 0 Å². The number of ether oxygens (including phenoxy) is 2. The lowest BCUT2D eigenvalue weighted by atomic mass is 10.2. The van der Waals surface area contributed by atoms with Gasteiger partial charge in [0.25, 0.3) is 0 Å². The van der Waals surface area contributed by atoms with E-state index in [1.807, 2.05) is 41.5 Å². The van der Waals surface area contributed by atoms with Crippen LogP contribution < -0.4 is 0 Å². The number of carboxylic acids is 1. The second-order valence-corrected chi connectivity index (χ2v) is 10.5. The molecule has 0 saturated heterocycles. The molecule has 0 saturated carbocycles. The molecule has 0 aromatic carbocycles. The lowest BCUT2D eigenvalue weighted by Crippen LogP contribution is -2.38. The minimum absolute atomic E-state index is 0.173. The number of carbonyl (C=O) groups excluding carboxylic acids is 2. The molecule has 0 radical (unpaired) electrons. The maximum Gasteiger partial charge on any atom is 0.412 e. The Morgan fingerprint density at radius 1 is 0.867 bits per heavy atom. The maximum atomic E-state index is 12.3. The van der Waals surface area contributed by atoms with Gasteiger partial charge in [0.15, 0.2) is 0 Å². The highest BCUT2D eigenvalue weighted by Gasteiger charge is 2.28. The van der Waals surface area contributed by atoms with E-state index in [4.69, 9.17) is 28.2 Å². The molecule has 1 N–H and O–H groups in total. The summed E-state index contributed by atoms with van der Waals surface area (Å²) in [4.78, 5) is 36.0. The van der Waals surface area contributed by atoms with Crippen LogP contribution in [0.1, 0.15) is 68.7 Å². The van der Waals surface area contributed by atoms with Gasteiger partial charge in [-0.3, -0.25) is 19.0 Å². The van der Waals surface area contributed by atoms with Crippen molar-refractivity contribution in [3.05, 3.63) is 0 Å². The standard InChI is InChI=1S/C19H36NO9P/c1-17(2,3)27-15(23)10-11-20(12-14(21)22)16(24)25-13-26-30(28-18(4,5)6)29-19(7,8)9/h10-13H2,1-9H3,(H,21,22). The molecule has 0 atom stereocenters. The molecule has 0 rings (SSSR count). The second-order valence-electron chi connectivity index (χ2n) is 9.44. The van der Waals surface area contributed by atoms with Gasteiger partial charge in [-0.2, -0.15) is 0 Å². The van der Waals surface area contributed by atoms with Crippen LogP contribution in [0.2, 0.25) is 0 Å². The van der Waals surface area contributed by atoms with Gasteiger partial charge >= 0.3 is 26.6 Å². The summed E-state index contributed by atoms with van der Waals surface area (Å²) in [5.74, 6) is -1.80. The second kappa shape index (κ2) is 11.8. The van der Waals surface area contributed by atoms with Gasteiger partial charge in [-0.15, -0.1) is 0 Å². The number of hydrogen-bond acceptors (Lipinski definition) is 8. The van der Waals surface area contributed by atoms with Crippen LogP contribution in [0.5, 0.6) is 0 Å². The molecular formula is C19H36NO9P. The highest BCUT2D eigenvalue weighted by molar-refractivity contribution is 7.41. The third kappa shape index (κ3) is 16.3. The monoisotopic (exact) mass is 453 g/mol. The maximum absolute atomic E-state index is 12.3. The summed E-state index contributed by atoms with van der Waals surface area (Å²) in [5, 5.41) is 9.02. The van der Waals surface area contributed by atoms with Crippen molar-refractivity contribution >= 4 is 26.6 Å². The molecule has 11 heteroatoms. The number of nitrogens with zero attached hydrogens (tertiary/aromatic N) is 1. The zero-order valence-corrected chi connectivity index (χ0v) is 20.3. The van der Waals surface area contributed by atoms with Crippen molar-refractivity contribution in [2.45, 2.75) is 85.5 Å². The van der Waals surface area contributed by atoms with Gasteiger partial charge in [-0.05, 0) is 62.3 Å². The molecule has 0 aromatic rings. The summed E-state index contributed by atoms with van der Waals surface area (Å²) in [6, 6.07) is 0. The molecule has 0 aliphatic carbocycles. The van der Waals surface area contributed by atoms with Crippen molar-refractivity contribution in [2.24, 2.45) is 0 Å². The van der Waals surface area contributed by atoms with E-state index in [2.05, 4.69) is 0 Å².